The molecule has 4 aromatic heterocycles. The number of nitrogens with zero attached hydrogens (tertiary/aromatic N) is 7. The number of rotatable bonds is 4. The minimum Gasteiger partial charge on any atom is -0.381 e. The summed E-state index contributed by atoms with van der Waals surface area (Å²) in [6.45, 7) is 2.03. The first-order valence-corrected chi connectivity index (χ1v) is 9.92. The average molecular weight is 392 g/mol. The minimum absolute atomic E-state index is 0.364. The van der Waals surface area contributed by atoms with Crippen LogP contribution in [0.1, 0.15) is 42.9 Å². The van der Waals surface area contributed by atoms with Crippen LogP contribution < -0.4 is 5.32 Å². The maximum Gasteiger partial charge on any atom is 0.227 e. The zero-order valence-electron chi connectivity index (χ0n) is 16.8. The molecule has 150 valence electrons. The molecule has 0 bridgehead atoms. The molecule has 1 aliphatic carbocycles. The number of nitrogens with one attached hydrogen (secondary N) is 1. The molecule has 1 N–H and O–H groups in total. The van der Waals surface area contributed by atoms with Gasteiger partial charge in [-0.2, -0.15) is 10.2 Å². The third-order valence-corrected chi connectivity index (χ3v) is 5.88. The molecule has 1 saturated carbocycles. The largest absolute Gasteiger partial charge is 0.381 e. The van der Waals surface area contributed by atoms with Crippen LogP contribution in [0.25, 0.3) is 16.7 Å². The quantitative estimate of drug-likeness (QED) is 0.570. The fourth-order valence-electron chi connectivity index (χ4n) is 4.18. The predicted octanol–water partition coefficient (Wildman–Crippen LogP) is 3.13. The van der Waals surface area contributed by atoms with Crippen molar-refractivity contribution >= 4 is 28.3 Å². The SMILES string of the molecule is CO[C@H]1CC[C@H](c2nn(C)c3cnc(Nc4cn5ncnc5cc4C)nc32)CC1. The van der Waals surface area contributed by atoms with Gasteiger partial charge in [-0.1, -0.05) is 0 Å². The number of hydrogen-bond acceptors (Lipinski definition) is 7. The molecule has 1 fully saturated rings. The topological polar surface area (TPSA) is 95.0 Å². The number of pyridine rings is 1. The molecule has 4 aromatic rings. The van der Waals surface area contributed by atoms with Crippen LogP contribution in [0.5, 0.6) is 0 Å². The minimum atomic E-state index is 0.364. The molecule has 0 atom stereocenters. The Hall–Kier alpha value is -3.07. The van der Waals surface area contributed by atoms with Gasteiger partial charge in [0, 0.05) is 20.1 Å². The first kappa shape index (κ1) is 18.0. The Bertz CT molecular complexity index is 1170. The van der Waals surface area contributed by atoms with Crippen LogP contribution in [-0.4, -0.2) is 47.6 Å². The molecule has 0 aromatic carbocycles. The third-order valence-electron chi connectivity index (χ3n) is 5.88. The number of anilines is 2. The number of ether oxygens (including phenoxy) is 1. The summed E-state index contributed by atoms with van der Waals surface area (Å²) in [5.41, 5.74) is 5.69. The molecule has 0 radical (unpaired) electrons. The molecule has 0 unspecified atom stereocenters. The smallest absolute Gasteiger partial charge is 0.227 e. The summed E-state index contributed by atoms with van der Waals surface area (Å²) in [5, 5.41) is 12.3. The summed E-state index contributed by atoms with van der Waals surface area (Å²) in [6.07, 6.45) is 9.91. The Kier molecular flexibility index (Phi) is 4.39. The van der Waals surface area contributed by atoms with Crippen LogP contribution >= 0.6 is 0 Å². The first-order valence-electron chi connectivity index (χ1n) is 9.92. The van der Waals surface area contributed by atoms with E-state index >= 15 is 0 Å². The zero-order valence-corrected chi connectivity index (χ0v) is 16.8. The van der Waals surface area contributed by atoms with Crippen LogP contribution in [0.4, 0.5) is 11.6 Å². The van der Waals surface area contributed by atoms with Gasteiger partial charge in [0.1, 0.15) is 17.4 Å². The third kappa shape index (κ3) is 3.21. The van der Waals surface area contributed by atoms with Crippen molar-refractivity contribution in [2.75, 3.05) is 12.4 Å². The lowest BCUT2D eigenvalue weighted by atomic mass is 9.85. The Morgan fingerprint density at radius 2 is 2.00 bits per heavy atom. The molecule has 0 aliphatic heterocycles. The molecule has 0 spiro atoms. The van der Waals surface area contributed by atoms with E-state index in [1.807, 2.05) is 37.1 Å². The second-order valence-corrected chi connectivity index (χ2v) is 7.70. The van der Waals surface area contributed by atoms with Gasteiger partial charge in [-0.15, -0.1) is 0 Å². The number of methoxy groups -OCH3 is 1. The van der Waals surface area contributed by atoms with Crippen molar-refractivity contribution in [2.24, 2.45) is 7.05 Å². The monoisotopic (exact) mass is 392 g/mol. The van der Waals surface area contributed by atoms with Gasteiger partial charge in [0.15, 0.2) is 5.65 Å². The average Bonchev–Trinajstić information content (AvgIpc) is 3.32. The van der Waals surface area contributed by atoms with E-state index in [9.17, 15) is 0 Å². The van der Waals surface area contributed by atoms with Gasteiger partial charge < -0.3 is 10.1 Å². The summed E-state index contributed by atoms with van der Waals surface area (Å²) in [4.78, 5) is 13.6. The molecular weight excluding hydrogens is 368 g/mol. The van der Waals surface area contributed by atoms with Gasteiger partial charge >= 0.3 is 0 Å². The summed E-state index contributed by atoms with van der Waals surface area (Å²) in [6, 6.07) is 1.98. The van der Waals surface area contributed by atoms with Crippen molar-refractivity contribution in [3.8, 4) is 0 Å². The molecule has 4 heterocycles. The van der Waals surface area contributed by atoms with Crippen molar-refractivity contribution < 1.29 is 4.74 Å². The van der Waals surface area contributed by atoms with Crippen LogP contribution in [-0.2, 0) is 11.8 Å². The van der Waals surface area contributed by atoms with E-state index in [1.165, 1.54) is 0 Å². The molecule has 9 nitrogen and oxygen atoms in total. The number of aryl methyl sites for hydroxylation is 2. The van der Waals surface area contributed by atoms with Gasteiger partial charge in [0.2, 0.25) is 5.95 Å². The molecule has 0 amide bonds. The molecule has 1 aliphatic rings. The van der Waals surface area contributed by atoms with Crippen LogP contribution in [0.2, 0.25) is 0 Å². The molecule has 0 saturated heterocycles. The van der Waals surface area contributed by atoms with E-state index < -0.39 is 0 Å². The molecule has 5 rings (SSSR count). The van der Waals surface area contributed by atoms with Crippen molar-refractivity contribution in [1.29, 1.82) is 0 Å². The van der Waals surface area contributed by atoms with Crippen molar-refractivity contribution in [2.45, 2.75) is 44.6 Å². The van der Waals surface area contributed by atoms with E-state index in [2.05, 4.69) is 20.4 Å². The van der Waals surface area contributed by atoms with Crippen LogP contribution in [0.15, 0.2) is 24.8 Å². The summed E-state index contributed by atoms with van der Waals surface area (Å²) in [7, 11) is 3.75. The Balaban J connectivity index is 1.48. The zero-order chi connectivity index (χ0) is 20.0. The lowest BCUT2D eigenvalue weighted by Gasteiger charge is -2.26. The first-order chi connectivity index (χ1) is 14.1. The Labute approximate surface area is 168 Å². The molecule has 9 heteroatoms. The van der Waals surface area contributed by atoms with Gasteiger partial charge in [-0.25, -0.2) is 19.5 Å². The van der Waals surface area contributed by atoms with E-state index in [1.54, 1.807) is 18.0 Å². The van der Waals surface area contributed by atoms with Gasteiger partial charge in [0.05, 0.1) is 29.9 Å². The van der Waals surface area contributed by atoms with Crippen molar-refractivity contribution in [3.05, 3.63) is 36.0 Å². The van der Waals surface area contributed by atoms with Gasteiger partial charge in [-0.05, 0) is 44.2 Å². The van der Waals surface area contributed by atoms with E-state index in [0.29, 0.717) is 18.0 Å². The van der Waals surface area contributed by atoms with E-state index in [-0.39, 0.29) is 0 Å². The van der Waals surface area contributed by atoms with Gasteiger partial charge in [-0.3, -0.25) is 4.68 Å². The predicted molar refractivity (Wildman–Crippen MR) is 109 cm³/mol. The molecule has 29 heavy (non-hydrogen) atoms. The van der Waals surface area contributed by atoms with Crippen LogP contribution in [0.3, 0.4) is 0 Å². The lowest BCUT2D eigenvalue weighted by Crippen LogP contribution is -2.19. The second-order valence-electron chi connectivity index (χ2n) is 7.70. The normalized spacial score (nSPS) is 19.8. The summed E-state index contributed by atoms with van der Waals surface area (Å²) in [5.74, 6) is 0.959. The van der Waals surface area contributed by atoms with Gasteiger partial charge in [0.25, 0.3) is 0 Å². The van der Waals surface area contributed by atoms with E-state index in [0.717, 1.165) is 59.3 Å². The maximum atomic E-state index is 5.52. The highest BCUT2D eigenvalue weighted by atomic mass is 16.5. The highest BCUT2D eigenvalue weighted by molar-refractivity contribution is 5.79. The van der Waals surface area contributed by atoms with Crippen LogP contribution in [0, 0.1) is 6.92 Å². The number of hydrogen-bond donors (Lipinski definition) is 1. The van der Waals surface area contributed by atoms with E-state index in [4.69, 9.17) is 14.8 Å². The summed E-state index contributed by atoms with van der Waals surface area (Å²) < 4.78 is 9.13. The van der Waals surface area contributed by atoms with Crippen molar-refractivity contribution in [3.63, 3.8) is 0 Å². The summed E-state index contributed by atoms with van der Waals surface area (Å²) >= 11 is 0. The highest BCUT2D eigenvalue weighted by Gasteiger charge is 2.27. The second kappa shape index (κ2) is 7.07. The lowest BCUT2D eigenvalue weighted by molar-refractivity contribution is 0.0655. The highest BCUT2D eigenvalue weighted by Crippen LogP contribution is 2.36. The Morgan fingerprint density at radius 3 is 2.79 bits per heavy atom. The Morgan fingerprint density at radius 1 is 1.17 bits per heavy atom. The van der Waals surface area contributed by atoms with Crippen molar-refractivity contribution in [1.82, 2.24) is 34.3 Å². The standard InChI is InChI=1S/C20H24N8O/c1-12-8-17-22-11-23-28(17)10-15(12)24-20-21-9-16-19(25-20)18(26-27(16)2)13-4-6-14(29-3)7-5-13/h8-11,13-14H,4-7H2,1-3H3,(H,21,24,25)/t13-,14-. The number of aromatic nitrogens is 7. The molecular formula is C20H24N8O. The fraction of sp³-hybridized carbons (Fsp3) is 0.450. The maximum absolute atomic E-state index is 5.52. The number of fused-ring (bicyclic) bond motifs is 2. The fourth-order valence-corrected chi connectivity index (χ4v) is 4.18.